The topological polar surface area (TPSA) is 26.0 Å². The molecule has 1 unspecified atom stereocenters. The largest absolute Gasteiger partial charge is 0.330 e. The van der Waals surface area contributed by atoms with Gasteiger partial charge in [-0.15, -0.1) is 0 Å². The van der Waals surface area contributed by atoms with Crippen molar-refractivity contribution >= 4 is 0 Å². The molecule has 0 aliphatic carbocycles. The highest BCUT2D eigenvalue weighted by Gasteiger charge is 2.25. The number of rotatable bonds is 7. The number of hydrogen-bond donors (Lipinski definition) is 1. The second-order valence-corrected chi connectivity index (χ2v) is 4.82. The van der Waals surface area contributed by atoms with Crippen LogP contribution in [0.1, 0.15) is 45.1 Å². The highest BCUT2D eigenvalue weighted by molar-refractivity contribution is 5.16. The fraction of sp³-hybridized carbons (Fsp3) is 0.600. The van der Waals surface area contributed by atoms with Gasteiger partial charge < -0.3 is 5.73 Å². The summed E-state index contributed by atoms with van der Waals surface area (Å²) in [7, 11) is 0. The minimum absolute atomic E-state index is 0.317. The third-order valence-electron chi connectivity index (χ3n) is 3.67. The number of hydrogen-bond acceptors (Lipinski definition) is 1. The lowest BCUT2D eigenvalue weighted by Crippen LogP contribution is -2.32. The first-order valence-corrected chi connectivity index (χ1v) is 6.50. The van der Waals surface area contributed by atoms with E-state index < -0.39 is 0 Å². The molecule has 16 heavy (non-hydrogen) atoms. The maximum Gasteiger partial charge on any atom is -0.00174 e. The average molecular weight is 219 g/mol. The summed E-state index contributed by atoms with van der Waals surface area (Å²) < 4.78 is 0. The molecule has 0 saturated carbocycles. The quantitative estimate of drug-likeness (QED) is 0.742. The fourth-order valence-electron chi connectivity index (χ4n) is 2.29. The lowest BCUT2D eigenvalue weighted by atomic mass is 9.75. The van der Waals surface area contributed by atoms with Crippen molar-refractivity contribution in [2.45, 2.75) is 46.0 Å². The van der Waals surface area contributed by atoms with E-state index in [1.807, 2.05) is 0 Å². The van der Waals surface area contributed by atoms with Crippen LogP contribution < -0.4 is 5.73 Å². The first-order chi connectivity index (χ1) is 7.76. The normalized spacial score (nSPS) is 14.7. The molecule has 0 aliphatic heterocycles. The summed E-state index contributed by atoms with van der Waals surface area (Å²) in [6.45, 7) is 5.32. The van der Waals surface area contributed by atoms with Crippen molar-refractivity contribution in [1.82, 2.24) is 0 Å². The molecule has 0 bridgehead atoms. The van der Waals surface area contributed by atoms with Crippen LogP contribution in [0, 0.1) is 5.41 Å². The average Bonchev–Trinajstić information content (AvgIpc) is 2.36. The van der Waals surface area contributed by atoms with Gasteiger partial charge in [-0.2, -0.15) is 0 Å². The van der Waals surface area contributed by atoms with Gasteiger partial charge in [-0.3, -0.25) is 0 Å². The second-order valence-electron chi connectivity index (χ2n) is 4.82. The number of nitrogens with two attached hydrogens (primary N) is 1. The molecule has 0 fully saturated rings. The summed E-state index contributed by atoms with van der Waals surface area (Å²) in [5.41, 5.74) is 7.75. The Bertz CT molecular complexity index is 275. The summed E-state index contributed by atoms with van der Waals surface area (Å²) in [6, 6.07) is 10.7. The molecule has 2 N–H and O–H groups in total. The molecule has 0 aromatic heterocycles. The van der Waals surface area contributed by atoms with E-state index in [4.69, 9.17) is 5.73 Å². The monoisotopic (exact) mass is 219 g/mol. The van der Waals surface area contributed by atoms with Gasteiger partial charge in [0.2, 0.25) is 0 Å². The zero-order valence-electron chi connectivity index (χ0n) is 10.7. The Balaban J connectivity index is 2.70. The Morgan fingerprint density at radius 1 is 1.12 bits per heavy atom. The van der Waals surface area contributed by atoms with Crippen molar-refractivity contribution in [3.8, 4) is 0 Å². The molecule has 90 valence electrons. The van der Waals surface area contributed by atoms with E-state index in [9.17, 15) is 0 Å². The molecule has 1 heteroatoms. The smallest absolute Gasteiger partial charge is 0.00174 e. The van der Waals surface area contributed by atoms with Gasteiger partial charge in [0.15, 0.2) is 0 Å². The van der Waals surface area contributed by atoms with E-state index in [2.05, 4.69) is 44.2 Å². The maximum atomic E-state index is 6.01. The van der Waals surface area contributed by atoms with Crippen LogP contribution in [0.5, 0.6) is 0 Å². The molecule has 0 saturated heterocycles. The summed E-state index contributed by atoms with van der Waals surface area (Å²) in [6.07, 6.45) is 6.11. The summed E-state index contributed by atoms with van der Waals surface area (Å²) >= 11 is 0. The van der Waals surface area contributed by atoms with Crippen LogP contribution in [0.2, 0.25) is 0 Å². The predicted octanol–water partition coefficient (Wildman–Crippen LogP) is 3.77. The molecular formula is C15H25N. The van der Waals surface area contributed by atoms with Gasteiger partial charge in [-0.25, -0.2) is 0 Å². The van der Waals surface area contributed by atoms with Crippen LogP contribution in [-0.2, 0) is 6.42 Å². The molecule has 0 spiro atoms. The summed E-state index contributed by atoms with van der Waals surface area (Å²) in [5, 5.41) is 0. The fourth-order valence-corrected chi connectivity index (χ4v) is 2.29. The Hall–Kier alpha value is -0.820. The second kappa shape index (κ2) is 6.70. The molecule has 1 rings (SSSR count). The van der Waals surface area contributed by atoms with E-state index in [0.29, 0.717) is 5.41 Å². The molecule has 1 atom stereocenters. The first-order valence-electron chi connectivity index (χ1n) is 6.50. The highest BCUT2D eigenvalue weighted by Crippen LogP contribution is 2.31. The van der Waals surface area contributed by atoms with Gasteiger partial charge in [0, 0.05) is 0 Å². The van der Waals surface area contributed by atoms with Crippen LogP contribution >= 0.6 is 0 Å². The Labute approximate surface area is 100 Å². The van der Waals surface area contributed by atoms with Gasteiger partial charge in [0.05, 0.1) is 0 Å². The van der Waals surface area contributed by atoms with Crippen molar-refractivity contribution in [2.75, 3.05) is 6.54 Å². The van der Waals surface area contributed by atoms with Gasteiger partial charge in [0.25, 0.3) is 0 Å². The van der Waals surface area contributed by atoms with E-state index >= 15 is 0 Å². The van der Waals surface area contributed by atoms with Crippen LogP contribution in [0.15, 0.2) is 30.3 Å². The maximum absolute atomic E-state index is 6.01. The first kappa shape index (κ1) is 13.2. The van der Waals surface area contributed by atoms with E-state index in [0.717, 1.165) is 13.0 Å². The van der Waals surface area contributed by atoms with Crippen molar-refractivity contribution in [3.05, 3.63) is 35.9 Å². The minimum atomic E-state index is 0.317. The van der Waals surface area contributed by atoms with Crippen LogP contribution in [-0.4, -0.2) is 6.54 Å². The number of benzene rings is 1. The van der Waals surface area contributed by atoms with Crippen molar-refractivity contribution < 1.29 is 0 Å². The lowest BCUT2D eigenvalue weighted by molar-refractivity contribution is 0.251. The molecule has 0 amide bonds. The zero-order valence-corrected chi connectivity index (χ0v) is 10.7. The summed E-state index contributed by atoms with van der Waals surface area (Å²) in [5.74, 6) is 0. The Morgan fingerprint density at radius 3 is 2.31 bits per heavy atom. The lowest BCUT2D eigenvalue weighted by Gasteiger charge is -2.31. The van der Waals surface area contributed by atoms with E-state index in [1.54, 1.807) is 0 Å². The van der Waals surface area contributed by atoms with Crippen LogP contribution in [0.25, 0.3) is 0 Å². The van der Waals surface area contributed by atoms with Gasteiger partial charge in [-0.1, -0.05) is 57.0 Å². The van der Waals surface area contributed by atoms with Gasteiger partial charge >= 0.3 is 0 Å². The SMILES string of the molecule is CCCCC(CC)(CN)Cc1ccccc1. The molecular weight excluding hydrogens is 194 g/mol. The third kappa shape index (κ3) is 3.64. The van der Waals surface area contributed by atoms with Crippen molar-refractivity contribution in [3.63, 3.8) is 0 Å². The van der Waals surface area contributed by atoms with Gasteiger partial charge in [0.1, 0.15) is 0 Å². The van der Waals surface area contributed by atoms with Gasteiger partial charge in [-0.05, 0) is 36.8 Å². The molecule has 0 aliphatic rings. The highest BCUT2D eigenvalue weighted by atomic mass is 14.6. The number of unbranched alkanes of at least 4 members (excludes halogenated alkanes) is 1. The Morgan fingerprint density at radius 2 is 1.81 bits per heavy atom. The zero-order chi connectivity index (χ0) is 11.9. The minimum Gasteiger partial charge on any atom is -0.330 e. The Kier molecular flexibility index (Phi) is 5.54. The molecule has 1 aromatic carbocycles. The van der Waals surface area contributed by atoms with E-state index in [1.165, 1.54) is 31.2 Å². The predicted molar refractivity (Wildman–Crippen MR) is 71.4 cm³/mol. The molecule has 1 aromatic rings. The van der Waals surface area contributed by atoms with Crippen LogP contribution in [0.4, 0.5) is 0 Å². The third-order valence-corrected chi connectivity index (χ3v) is 3.67. The summed E-state index contributed by atoms with van der Waals surface area (Å²) in [4.78, 5) is 0. The van der Waals surface area contributed by atoms with Crippen molar-refractivity contribution in [2.24, 2.45) is 11.1 Å². The molecule has 0 heterocycles. The molecule has 1 nitrogen and oxygen atoms in total. The van der Waals surface area contributed by atoms with E-state index in [-0.39, 0.29) is 0 Å². The van der Waals surface area contributed by atoms with Crippen LogP contribution in [0.3, 0.4) is 0 Å². The molecule has 0 radical (unpaired) electrons. The standard InChI is InChI=1S/C15H25N/c1-3-5-11-15(4-2,13-16)12-14-9-7-6-8-10-14/h6-10H,3-5,11-13,16H2,1-2H3. The van der Waals surface area contributed by atoms with Crippen molar-refractivity contribution in [1.29, 1.82) is 0 Å².